The van der Waals surface area contributed by atoms with Crippen LogP contribution >= 0.6 is 15.9 Å². The molecule has 0 aliphatic carbocycles. The Morgan fingerprint density at radius 3 is 2.72 bits per heavy atom. The van der Waals surface area contributed by atoms with E-state index in [1.54, 1.807) is 12.1 Å². The predicted molar refractivity (Wildman–Crippen MR) is 74.0 cm³/mol. The number of rotatable bonds is 3. The molecule has 2 N–H and O–H groups in total. The zero-order chi connectivity index (χ0) is 13.0. The quantitative estimate of drug-likeness (QED) is 0.883. The molecule has 0 spiro atoms. The van der Waals surface area contributed by atoms with Gasteiger partial charge in [0.05, 0.1) is 5.56 Å². The Labute approximate surface area is 114 Å². The van der Waals surface area contributed by atoms with Crippen molar-refractivity contribution in [3.63, 3.8) is 0 Å². The molecule has 0 saturated heterocycles. The first-order chi connectivity index (χ1) is 8.72. The van der Waals surface area contributed by atoms with Crippen LogP contribution in [-0.2, 0) is 6.61 Å². The Kier molecular flexibility index (Phi) is 3.85. The van der Waals surface area contributed by atoms with Crippen LogP contribution in [0.15, 0.2) is 46.9 Å². The van der Waals surface area contributed by atoms with E-state index < -0.39 is 0 Å². The van der Waals surface area contributed by atoms with Crippen molar-refractivity contribution in [3.8, 4) is 11.8 Å². The molecule has 2 rings (SSSR count). The van der Waals surface area contributed by atoms with Crippen molar-refractivity contribution in [3.05, 3.63) is 58.1 Å². The number of para-hydroxylation sites is 1. The predicted octanol–water partition coefficient (Wildman–Crippen LogP) is 3.48. The van der Waals surface area contributed by atoms with Crippen LogP contribution in [0.1, 0.15) is 11.1 Å². The summed E-state index contributed by atoms with van der Waals surface area (Å²) in [7, 11) is 0. The molecule has 0 fully saturated rings. The lowest BCUT2D eigenvalue weighted by atomic mass is 10.2. The van der Waals surface area contributed by atoms with Gasteiger partial charge in [0.15, 0.2) is 0 Å². The Morgan fingerprint density at radius 2 is 1.94 bits per heavy atom. The number of nitrogens with two attached hydrogens (primary N) is 1. The van der Waals surface area contributed by atoms with Gasteiger partial charge in [-0.2, -0.15) is 5.26 Å². The molecule has 0 aliphatic heterocycles. The van der Waals surface area contributed by atoms with E-state index in [0.29, 0.717) is 23.6 Å². The first-order valence-electron chi connectivity index (χ1n) is 5.37. The van der Waals surface area contributed by atoms with Gasteiger partial charge in [-0.05, 0) is 34.1 Å². The smallest absolute Gasteiger partial charge is 0.137 e. The van der Waals surface area contributed by atoms with E-state index >= 15 is 0 Å². The normalized spacial score (nSPS) is 9.78. The fourth-order valence-electron chi connectivity index (χ4n) is 1.55. The third kappa shape index (κ3) is 2.63. The highest BCUT2D eigenvalue weighted by atomic mass is 79.9. The van der Waals surface area contributed by atoms with E-state index in [4.69, 9.17) is 15.7 Å². The van der Waals surface area contributed by atoms with E-state index in [-0.39, 0.29) is 0 Å². The van der Waals surface area contributed by atoms with Crippen LogP contribution in [0.25, 0.3) is 0 Å². The Balaban J connectivity index is 2.17. The number of nitrogen functional groups attached to an aromatic ring is 1. The average Bonchev–Trinajstić information content (AvgIpc) is 2.41. The second-order valence-electron chi connectivity index (χ2n) is 3.72. The Bertz CT molecular complexity index is 605. The highest BCUT2D eigenvalue weighted by Crippen LogP contribution is 2.25. The summed E-state index contributed by atoms with van der Waals surface area (Å²) in [5.41, 5.74) is 7.93. The molecule has 0 atom stereocenters. The molecular formula is C14H11BrN2O. The Hall–Kier alpha value is -1.99. The van der Waals surface area contributed by atoms with Crippen LogP contribution in [0.2, 0.25) is 0 Å². The number of nitrogens with zero attached hydrogens (tertiary/aromatic N) is 1. The number of halogens is 1. The summed E-state index contributed by atoms with van der Waals surface area (Å²) in [6, 6.07) is 14.9. The van der Waals surface area contributed by atoms with Crippen molar-refractivity contribution in [2.24, 2.45) is 0 Å². The summed E-state index contributed by atoms with van der Waals surface area (Å²) in [6.07, 6.45) is 0. The molecule has 0 bridgehead atoms. The van der Waals surface area contributed by atoms with Crippen LogP contribution in [0.3, 0.4) is 0 Å². The molecule has 4 heteroatoms. The number of nitriles is 1. The van der Waals surface area contributed by atoms with E-state index in [0.717, 1.165) is 10.0 Å². The lowest BCUT2D eigenvalue weighted by Gasteiger charge is -2.10. The largest absolute Gasteiger partial charge is 0.487 e. The van der Waals surface area contributed by atoms with Crippen molar-refractivity contribution in [1.29, 1.82) is 5.26 Å². The molecule has 90 valence electrons. The molecule has 3 nitrogen and oxygen atoms in total. The van der Waals surface area contributed by atoms with Crippen molar-refractivity contribution in [1.82, 2.24) is 0 Å². The number of benzene rings is 2. The molecule has 0 saturated carbocycles. The second kappa shape index (κ2) is 5.56. The highest BCUT2D eigenvalue weighted by molar-refractivity contribution is 9.10. The van der Waals surface area contributed by atoms with E-state index in [1.807, 2.05) is 30.3 Å². The minimum absolute atomic E-state index is 0.365. The van der Waals surface area contributed by atoms with Gasteiger partial charge >= 0.3 is 0 Å². The summed E-state index contributed by atoms with van der Waals surface area (Å²) in [4.78, 5) is 0. The highest BCUT2D eigenvalue weighted by Gasteiger charge is 2.06. The third-order valence-corrected chi connectivity index (χ3v) is 3.47. The first-order valence-corrected chi connectivity index (χ1v) is 6.16. The fourth-order valence-corrected chi connectivity index (χ4v) is 1.93. The molecule has 2 aromatic rings. The summed E-state index contributed by atoms with van der Waals surface area (Å²) in [5, 5.41) is 8.96. The number of hydrogen-bond acceptors (Lipinski definition) is 3. The molecule has 0 aliphatic rings. The topological polar surface area (TPSA) is 59.0 Å². The van der Waals surface area contributed by atoms with Gasteiger partial charge in [-0.25, -0.2) is 0 Å². The number of ether oxygens (including phenoxy) is 1. The van der Waals surface area contributed by atoms with Crippen molar-refractivity contribution in [2.75, 3.05) is 5.73 Å². The SMILES string of the molecule is N#Cc1ccccc1OCc1cccc(N)c1Br. The fraction of sp³-hybridized carbons (Fsp3) is 0.0714. The summed E-state index contributed by atoms with van der Waals surface area (Å²) in [5.74, 6) is 0.578. The molecule has 0 aromatic heterocycles. The van der Waals surface area contributed by atoms with Crippen molar-refractivity contribution in [2.45, 2.75) is 6.61 Å². The lowest BCUT2D eigenvalue weighted by Crippen LogP contribution is -1.99. The summed E-state index contributed by atoms with van der Waals surface area (Å²) < 4.78 is 6.47. The summed E-state index contributed by atoms with van der Waals surface area (Å²) in [6.45, 7) is 0.365. The van der Waals surface area contributed by atoms with Crippen LogP contribution in [-0.4, -0.2) is 0 Å². The van der Waals surface area contributed by atoms with Crippen molar-refractivity contribution < 1.29 is 4.74 Å². The van der Waals surface area contributed by atoms with Gasteiger partial charge in [0, 0.05) is 15.7 Å². The molecule has 18 heavy (non-hydrogen) atoms. The average molecular weight is 303 g/mol. The minimum atomic E-state index is 0.365. The number of hydrogen-bond donors (Lipinski definition) is 1. The first kappa shape index (κ1) is 12.5. The van der Waals surface area contributed by atoms with Gasteiger partial charge in [-0.3, -0.25) is 0 Å². The monoisotopic (exact) mass is 302 g/mol. The maximum absolute atomic E-state index is 8.96. The van der Waals surface area contributed by atoms with Crippen molar-refractivity contribution >= 4 is 21.6 Å². The summed E-state index contributed by atoms with van der Waals surface area (Å²) >= 11 is 3.42. The Morgan fingerprint density at radius 1 is 1.17 bits per heavy atom. The standard InChI is InChI=1S/C14H11BrN2O/c15-14-11(5-3-6-12(14)17)9-18-13-7-2-1-4-10(13)8-16/h1-7H,9,17H2. The minimum Gasteiger partial charge on any atom is -0.487 e. The third-order valence-electron chi connectivity index (χ3n) is 2.50. The molecule has 0 amide bonds. The van der Waals surface area contributed by atoms with Crippen LogP contribution in [0.5, 0.6) is 5.75 Å². The maximum atomic E-state index is 8.96. The van der Waals surface area contributed by atoms with E-state index in [1.165, 1.54) is 0 Å². The second-order valence-corrected chi connectivity index (χ2v) is 4.51. The van der Waals surface area contributed by atoms with Gasteiger partial charge in [0.1, 0.15) is 18.4 Å². The zero-order valence-corrected chi connectivity index (χ0v) is 11.1. The molecule has 2 aromatic carbocycles. The zero-order valence-electron chi connectivity index (χ0n) is 9.56. The van der Waals surface area contributed by atoms with E-state index in [9.17, 15) is 0 Å². The maximum Gasteiger partial charge on any atom is 0.137 e. The number of anilines is 1. The van der Waals surface area contributed by atoms with Gasteiger partial charge in [-0.1, -0.05) is 24.3 Å². The molecule has 0 unspecified atom stereocenters. The van der Waals surface area contributed by atoms with Crippen LogP contribution in [0.4, 0.5) is 5.69 Å². The van der Waals surface area contributed by atoms with E-state index in [2.05, 4.69) is 22.0 Å². The molecular weight excluding hydrogens is 292 g/mol. The molecule has 0 heterocycles. The van der Waals surface area contributed by atoms with Gasteiger partial charge in [0.25, 0.3) is 0 Å². The van der Waals surface area contributed by atoms with Gasteiger partial charge in [-0.15, -0.1) is 0 Å². The lowest BCUT2D eigenvalue weighted by molar-refractivity contribution is 0.304. The molecule has 0 radical (unpaired) electrons. The van der Waals surface area contributed by atoms with Crippen LogP contribution in [0, 0.1) is 11.3 Å². The van der Waals surface area contributed by atoms with Gasteiger partial charge < -0.3 is 10.5 Å². The van der Waals surface area contributed by atoms with Gasteiger partial charge in [0.2, 0.25) is 0 Å². The van der Waals surface area contributed by atoms with Crippen LogP contribution < -0.4 is 10.5 Å².